The molecular formula is C18H26O5. The van der Waals surface area contributed by atoms with E-state index in [0.29, 0.717) is 34.6 Å². The molecule has 1 fully saturated rings. The van der Waals surface area contributed by atoms with E-state index in [1.54, 1.807) is 19.2 Å². The predicted molar refractivity (Wildman–Crippen MR) is 87.5 cm³/mol. The number of hydrogen-bond acceptors (Lipinski definition) is 5. The number of rotatable bonds is 5. The molecule has 0 spiro atoms. The van der Waals surface area contributed by atoms with Crippen molar-refractivity contribution in [2.75, 3.05) is 21.3 Å². The van der Waals surface area contributed by atoms with E-state index in [-0.39, 0.29) is 12.1 Å². The molecule has 0 N–H and O–H groups in total. The SMILES string of the molecule is COc1cc(OC)c(C(=O)OC2C[C@@H](C)C[C@H](C)C2)cc1OC. The fraction of sp³-hybridized carbons (Fsp3) is 0.611. The van der Waals surface area contributed by atoms with Gasteiger partial charge in [0, 0.05) is 12.1 Å². The first-order chi connectivity index (χ1) is 11.0. The molecule has 2 atom stereocenters. The average molecular weight is 322 g/mol. The molecule has 0 saturated heterocycles. The highest BCUT2D eigenvalue weighted by atomic mass is 16.5. The Balaban J connectivity index is 2.21. The van der Waals surface area contributed by atoms with E-state index >= 15 is 0 Å². The molecule has 5 heteroatoms. The molecule has 0 heterocycles. The van der Waals surface area contributed by atoms with Crippen LogP contribution >= 0.6 is 0 Å². The Bertz CT molecular complexity index is 545. The third kappa shape index (κ3) is 4.09. The van der Waals surface area contributed by atoms with Crippen molar-refractivity contribution >= 4 is 5.97 Å². The maximum Gasteiger partial charge on any atom is 0.342 e. The monoisotopic (exact) mass is 322 g/mol. The van der Waals surface area contributed by atoms with Gasteiger partial charge in [-0.25, -0.2) is 4.79 Å². The number of benzene rings is 1. The van der Waals surface area contributed by atoms with E-state index in [9.17, 15) is 4.79 Å². The zero-order chi connectivity index (χ0) is 17.0. The van der Waals surface area contributed by atoms with Crippen molar-refractivity contribution in [2.45, 2.75) is 39.2 Å². The molecule has 0 aliphatic heterocycles. The summed E-state index contributed by atoms with van der Waals surface area (Å²) in [4.78, 5) is 12.6. The van der Waals surface area contributed by atoms with Crippen molar-refractivity contribution < 1.29 is 23.7 Å². The molecule has 0 aromatic heterocycles. The van der Waals surface area contributed by atoms with E-state index in [2.05, 4.69) is 13.8 Å². The third-order valence-electron chi connectivity index (χ3n) is 4.33. The predicted octanol–water partition coefficient (Wildman–Crippen LogP) is 3.69. The van der Waals surface area contributed by atoms with Gasteiger partial charge in [-0.2, -0.15) is 0 Å². The van der Waals surface area contributed by atoms with Crippen LogP contribution in [0.15, 0.2) is 12.1 Å². The summed E-state index contributed by atoms with van der Waals surface area (Å²) >= 11 is 0. The van der Waals surface area contributed by atoms with Gasteiger partial charge in [0.25, 0.3) is 0 Å². The van der Waals surface area contributed by atoms with Crippen LogP contribution in [0.5, 0.6) is 17.2 Å². The Morgan fingerprint density at radius 2 is 1.39 bits per heavy atom. The number of ether oxygens (including phenoxy) is 4. The molecule has 1 aromatic carbocycles. The standard InChI is InChI=1S/C18H26O5/c1-11-6-12(2)8-13(7-11)23-18(19)14-9-16(21-4)17(22-5)10-15(14)20-3/h9-13H,6-8H2,1-5H3/t11-,12-/m0/s1. The number of carbonyl (C=O) groups excluding carboxylic acids is 1. The first kappa shape index (κ1) is 17.4. The Labute approximate surface area is 137 Å². The van der Waals surface area contributed by atoms with Gasteiger partial charge >= 0.3 is 5.97 Å². The van der Waals surface area contributed by atoms with Gasteiger partial charge in [-0.3, -0.25) is 0 Å². The maximum absolute atomic E-state index is 12.6. The van der Waals surface area contributed by atoms with E-state index in [0.717, 1.165) is 12.8 Å². The molecular weight excluding hydrogens is 296 g/mol. The highest BCUT2D eigenvalue weighted by molar-refractivity contribution is 5.93. The molecule has 2 rings (SSSR count). The summed E-state index contributed by atoms with van der Waals surface area (Å²) in [5.41, 5.74) is 0.357. The Morgan fingerprint density at radius 1 is 0.870 bits per heavy atom. The van der Waals surface area contributed by atoms with Crippen LogP contribution < -0.4 is 14.2 Å². The van der Waals surface area contributed by atoms with Crippen molar-refractivity contribution in [3.63, 3.8) is 0 Å². The van der Waals surface area contributed by atoms with Crippen LogP contribution in [0.2, 0.25) is 0 Å². The van der Waals surface area contributed by atoms with Crippen LogP contribution in [0.3, 0.4) is 0 Å². The van der Waals surface area contributed by atoms with Crippen molar-refractivity contribution in [3.8, 4) is 17.2 Å². The molecule has 0 amide bonds. The minimum atomic E-state index is -0.380. The minimum Gasteiger partial charge on any atom is -0.496 e. The average Bonchev–Trinajstić information content (AvgIpc) is 2.52. The van der Waals surface area contributed by atoms with Crippen molar-refractivity contribution in [1.29, 1.82) is 0 Å². The van der Waals surface area contributed by atoms with Gasteiger partial charge in [0.2, 0.25) is 0 Å². The van der Waals surface area contributed by atoms with Crippen LogP contribution in [0.25, 0.3) is 0 Å². The fourth-order valence-electron chi connectivity index (χ4n) is 3.37. The number of hydrogen-bond donors (Lipinski definition) is 0. The topological polar surface area (TPSA) is 54.0 Å². The second-order valence-electron chi connectivity index (χ2n) is 6.35. The molecule has 0 bridgehead atoms. The Morgan fingerprint density at radius 3 is 1.91 bits per heavy atom. The zero-order valence-corrected chi connectivity index (χ0v) is 14.5. The third-order valence-corrected chi connectivity index (χ3v) is 4.33. The first-order valence-corrected chi connectivity index (χ1v) is 7.99. The van der Waals surface area contributed by atoms with Crippen LogP contribution in [-0.4, -0.2) is 33.4 Å². The minimum absolute atomic E-state index is 0.0425. The van der Waals surface area contributed by atoms with Crippen molar-refractivity contribution in [3.05, 3.63) is 17.7 Å². The fourth-order valence-corrected chi connectivity index (χ4v) is 3.37. The lowest BCUT2D eigenvalue weighted by molar-refractivity contribution is 0.00774. The van der Waals surface area contributed by atoms with Crippen LogP contribution in [0, 0.1) is 11.8 Å². The number of esters is 1. The Kier molecular flexibility index (Phi) is 5.74. The smallest absolute Gasteiger partial charge is 0.342 e. The largest absolute Gasteiger partial charge is 0.496 e. The summed E-state index contributed by atoms with van der Waals surface area (Å²) < 4.78 is 21.5. The van der Waals surface area contributed by atoms with E-state index in [1.165, 1.54) is 20.6 Å². The van der Waals surface area contributed by atoms with Crippen molar-refractivity contribution in [2.24, 2.45) is 11.8 Å². The van der Waals surface area contributed by atoms with Gasteiger partial charge < -0.3 is 18.9 Å². The summed E-state index contributed by atoms with van der Waals surface area (Å²) in [6.45, 7) is 4.40. The molecule has 23 heavy (non-hydrogen) atoms. The molecule has 1 saturated carbocycles. The summed E-state index contributed by atoms with van der Waals surface area (Å²) in [5.74, 6) is 2.18. The number of methoxy groups -OCH3 is 3. The Hall–Kier alpha value is -1.91. The van der Waals surface area contributed by atoms with E-state index in [4.69, 9.17) is 18.9 Å². The maximum atomic E-state index is 12.6. The van der Waals surface area contributed by atoms with Gasteiger partial charge in [0.05, 0.1) is 21.3 Å². The molecule has 1 aliphatic carbocycles. The van der Waals surface area contributed by atoms with Crippen LogP contribution in [0.1, 0.15) is 43.5 Å². The van der Waals surface area contributed by atoms with Crippen LogP contribution in [-0.2, 0) is 4.74 Å². The highest BCUT2D eigenvalue weighted by Gasteiger charge is 2.28. The van der Waals surface area contributed by atoms with Crippen LogP contribution in [0.4, 0.5) is 0 Å². The molecule has 0 unspecified atom stereocenters. The van der Waals surface area contributed by atoms with Gasteiger partial charge in [0.1, 0.15) is 17.4 Å². The first-order valence-electron chi connectivity index (χ1n) is 7.99. The second-order valence-corrected chi connectivity index (χ2v) is 6.35. The van der Waals surface area contributed by atoms with E-state index in [1.807, 2.05) is 0 Å². The lowest BCUT2D eigenvalue weighted by atomic mass is 9.82. The molecule has 128 valence electrons. The van der Waals surface area contributed by atoms with Crippen molar-refractivity contribution in [1.82, 2.24) is 0 Å². The van der Waals surface area contributed by atoms with Gasteiger partial charge in [-0.05, 0) is 31.1 Å². The lowest BCUT2D eigenvalue weighted by Crippen LogP contribution is -2.28. The molecule has 5 nitrogen and oxygen atoms in total. The normalized spacial score (nSPS) is 24.0. The molecule has 1 aromatic rings. The lowest BCUT2D eigenvalue weighted by Gasteiger charge is -2.31. The zero-order valence-electron chi connectivity index (χ0n) is 14.5. The number of carbonyl (C=O) groups is 1. The molecule has 0 radical (unpaired) electrons. The van der Waals surface area contributed by atoms with Gasteiger partial charge in [-0.1, -0.05) is 13.8 Å². The second kappa shape index (κ2) is 7.57. The summed E-state index contributed by atoms with van der Waals surface area (Å²) in [5, 5.41) is 0. The van der Waals surface area contributed by atoms with Gasteiger partial charge in [-0.15, -0.1) is 0 Å². The summed E-state index contributed by atoms with van der Waals surface area (Å²) in [6, 6.07) is 3.25. The summed E-state index contributed by atoms with van der Waals surface area (Å²) in [7, 11) is 4.59. The van der Waals surface area contributed by atoms with Gasteiger partial charge in [0.15, 0.2) is 11.5 Å². The quantitative estimate of drug-likeness (QED) is 0.774. The highest BCUT2D eigenvalue weighted by Crippen LogP contribution is 2.36. The van der Waals surface area contributed by atoms with E-state index < -0.39 is 0 Å². The molecule has 1 aliphatic rings. The summed E-state index contributed by atoms with van der Waals surface area (Å²) in [6.07, 6.45) is 2.96.